The zero-order valence-electron chi connectivity index (χ0n) is 9.24. The van der Waals surface area contributed by atoms with E-state index in [1.165, 1.54) is 6.92 Å². The predicted octanol–water partition coefficient (Wildman–Crippen LogP) is 0.912. The van der Waals surface area contributed by atoms with Crippen LogP contribution in [0.1, 0.15) is 26.7 Å². The van der Waals surface area contributed by atoms with Gasteiger partial charge in [-0.15, -0.1) is 0 Å². The minimum atomic E-state index is -0.616. The zero-order chi connectivity index (χ0) is 11.6. The van der Waals surface area contributed by atoms with E-state index >= 15 is 0 Å². The number of ketones is 1. The molecule has 4 nitrogen and oxygen atoms in total. The number of nitrogens with one attached hydrogen (secondary N) is 1. The number of hydrogen-bond acceptors (Lipinski definition) is 3. The smallest absolute Gasteiger partial charge is 0.248 e. The van der Waals surface area contributed by atoms with E-state index < -0.39 is 5.92 Å². The van der Waals surface area contributed by atoms with E-state index in [0.717, 1.165) is 17.8 Å². The average molecular weight is 228 g/mol. The lowest BCUT2D eigenvalue weighted by molar-refractivity contribution is -0.134. The Balaban J connectivity index is 2.43. The minimum Gasteiger partial charge on any atom is -0.299 e. The van der Waals surface area contributed by atoms with Crippen molar-refractivity contribution >= 4 is 28.9 Å². The van der Waals surface area contributed by atoms with E-state index in [0.29, 0.717) is 5.92 Å². The molecule has 0 heterocycles. The first-order valence-electron chi connectivity index (χ1n) is 5.02. The van der Waals surface area contributed by atoms with Crippen molar-refractivity contribution in [3.63, 3.8) is 0 Å². The van der Waals surface area contributed by atoms with E-state index in [9.17, 15) is 9.59 Å². The molecule has 0 aromatic rings. The minimum absolute atomic E-state index is 0.141. The maximum atomic E-state index is 11.5. The quantitative estimate of drug-likeness (QED) is 0.443. The number of rotatable bonds is 3. The molecule has 1 fully saturated rings. The van der Waals surface area contributed by atoms with Crippen molar-refractivity contribution in [2.24, 2.45) is 11.8 Å². The highest BCUT2D eigenvalue weighted by Crippen LogP contribution is 2.31. The van der Waals surface area contributed by atoms with Crippen LogP contribution in [-0.4, -0.2) is 28.7 Å². The SMILES string of the molecule is CC(=O)C(C)C(=O)NN(C)C(=S)C1CC1. The number of hydrazine groups is 1. The molecule has 1 N–H and O–H groups in total. The van der Waals surface area contributed by atoms with Crippen LogP contribution in [0.25, 0.3) is 0 Å². The van der Waals surface area contributed by atoms with Crippen molar-refractivity contribution in [1.29, 1.82) is 0 Å². The molecule has 0 bridgehead atoms. The average Bonchev–Trinajstić information content (AvgIpc) is 2.98. The molecule has 1 saturated carbocycles. The molecule has 1 aliphatic rings. The van der Waals surface area contributed by atoms with Gasteiger partial charge in [-0.3, -0.25) is 20.0 Å². The van der Waals surface area contributed by atoms with E-state index in [-0.39, 0.29) is 11.7 Å². The van der Waals surface area contributed by atoms with Crippen LogP contribution in [0, 0.1) is 11.8 Å². The molecule has 5 heteroatoms. The second kappa shape index (κ2) is 4.70. The van der Waals surface area contributed by atoms with Gasteiger partial charge in [-0.05, 0) is 26.7 Å². The van der Waals surface area contributed by atoms with Crippen molar-refractivity contribution in [2.45, 2.75) is 26.7 Å². The van der Waals surface area contributed by atoms with Gasteiger partial charge < -0.3 is 0 Å². The maximum absolute atomic E-state index is 11.5. The Hall–Kier alpha value is -0.970. The molecule has 0 aromatic carbocycles. The van der Waals surface area contributed by atoms with E-state index in [1.54, 1.807) is 19.0 Å². The molecule has 1 aliphatic carbocycles. The summed E-state index contributed by atoms with van der Waals surface area (Å²) >= 11 is 5.16. The molecule has 1 atom stereocenters. The first-order valence-corrected chi connectivity index (χ1v) is 5.42. The van der Waals surface area contributed by atoms with Crippen LogP contribution in [0.4, 0.5) is 0 Å². The lowest BCUT2D eigenvalue weighted by Gasteiger charge is -2.22. The Kier molecular flexibility index (Phi) is 3.79. The Morgan fingerprint density at radius 2 is 2.00 bits per heavy atom. The van der Waals surface area contributed by atoms with Gasteiger partial charge in [-0.2, -0.15) is 0 Å². The molecular formula is C10H16N2O2S. The van der Waals surface area contributed by atoms with Crippen LogP contribution in [0.2, 0.25) is 0 Å². The first kappa shape index (κ1) is 12.1. The van der Waals surface area contributed by atoms with Gasteiger partial charge in [0.1, 0.15) is 5.78 Å². The Bertz CT molecular complexity index is 300. The highest BCUT2D eigenvalue weighted by Gasteiger charge is 2.30. The largest absolute Gasteiger partial charge is 0.299 e. The number of thiocarbonyl (C=S) groups is 1. The van der Waals surface area contributed by atoms with Crippen LogP contribution >= 0.6 is 12.2 Å². The fraction of sp³-hybridized carbons (Fsp3) is 0.700. The van der Waals surface area contributed by atoms with Gasteiger partial charge in [-0.1, -0.05) is 12.2 Å². The summed E-state index contributed by atoms with van der Waals surface area (Å²) < 4.78 is 0. The van der Waals surface area contributed by atoms with E-state index in [2.05, 4.69) is 5.43 Å². The third kappa shape index (κ3) is 3.27. The summed E-state index contributed by atoms with van der Waals surface area (Å²) in [6.45, 7) is 3.00. The van der Waals surface area contributed by atoms with E-state index in [1.807, 2.05) is 0 Å². The fourth-order valence-corrected chi connectivity index (χ4v) is 1.39. The van der Waals surface area contributed by atoms with Crippen molar-refractivity contribution < 1.29 is 9.59 Å². The number of carbonyl (C=O) groups is 2. The lowest BCUT2D eigenvalue weighted by atomic mass is 10.1. The van der Waals surface area contributed by atoms with Crippen molar-refractivity contribution in [3.8, 4) is 0 Å². The van der Waals surface area contributed by atoms with Crippen LogP contribution in [0.3, 0.4) is 0 Å². The molecule has 84 valence electrons. The third-order valence-electron chi connectivity index (χ3n) is 2.54. The monoisotopic (exact) mass is 228 g/mol. The molecule has 0 aromatic heterocycles. The summed E-state index contributed by atoms with van der Waals surface area (Å²) in [6.07, 6.45) is 2.20. The van der Waals surface area contributed by atoms with Crippen LogP contribution < -0.4 is 5.43 Å². The standard InChI is InChI=1S/C10H16N2O2S/c1-6(7(2)13)9(14)11-12(3)10(15)8-4-5-8/h6,8H,4-5H2,1-3H3,(H,11,14). The van der Waals surface area contributed by atoms with Gasteiger partial charge in [0, 0.05) is 13.0 Å². The molecule has 0 radical (unpaired) electrons. The molecule has 15 heavy (non-hydrogen) atoms. The summed E-state index contributed by atoms with van der Waals surface area (Å²) in [4.78, 5) is 23.2. The Morgan fingerprint density at radius 3 is 2.40 bits per heavy atom. The van der Waals surface area contributed by atoms with Gasteiger partial charge in [0.2, 0.25) is 5.91 Å². The van der Waals surface area contributed by atoms with Crippen molar-refractivity contribution in [3.05, 3.63) is 0 Å². The van der Waals surface area contributed by atoms with Gasteiger partial charge in [-0.25, -0.2) is 0 Å². The van der Waals surface area contributed by atoms with Gasteiger partial charge in [0.15, 0.2) is 0 Å². The summed E-state index contributed by atoms with van der Waals surface area (Å²) in [7, 11) is 1.71. The van der Waals surface area contributed by atoms with Crippen LogP contribution in [0.5, 0.6) is 0 Å². The third-order valence-corrected chi connectivity index (χ3v) is 3.15. The number of carbonyl (C=O) groups excluding carboxylic acids is 2. The second-order valence-electron chi connectivity index (χ2n) is 3.98. The van der Waals surface area contributed by atoms with Gasteiger partial charge >= 0.3 is 0 Å². The van der Waals surface area contributed by atoms with Gasteiger partial charge in [0.25, 0.3) is 0 Å². The number of Topliss-reactive ketones (excluding diaryl/α,β-unsaturated/α-hetero) is 1. The van der Waals surface area contributed by atoms with Crippen molar-refractivity contribution in [2.75, 3.05) is 7.05 Å². The van der Waals surface area contributed by atoms with Gasteiger partial charge in [0.05, 0.1) is 10.9 Å². The molecule has 0 saturated heterocycles. The maximum Gasteiger partial charge on any atom is 0.248 e. The highest BCUT2D eigenvalue weighted by molar-refractivity contribution is 7.80. The second-order valence-corrected chi connectivity index (χ2v) is 4.40. The molecule has 0 spiro atoms. The normalized spacial score (nSPS) is 16.7. The van der Waals surface area contributed by atoms with E-state index in [4.69, 9.17) is 12.2 Å². The molecule has 1 amide bonds. The lowest BCUT2D eigenvalue weighted by Crippen LogP contribution is -2.46. The summed E-state index contributed by atoms with van der Waals surface area (Å²) in [5.74, 6) is -0.626. The topological polar surface area (TPSA) is 49.4 Å². The highest BCUT2D eigenvalue weighted by atomic mass is 32.1. The Labute approximate surface area is 95.0 Å². The number of hydrogen-bond donors (Lipinski definition) is 1. The number of amides is 1. The van der Waals surface area contributed by atoms with Crippen LogP contribution in [-0.2, 0) is 9.59 Å². The fourth-order valence-electron chi connectivity index (χ4n) is 1.11. The molecule has 0 aliphatic heterocycles. The molecule has 1 unspecified atom stereocenters. The summed E-state index contributed by atoms with van der Waals surface area (Å²) in [6, 6.07) is 0. The Morgan fingerprint density at radius 1 is 1.47 bits per heavy atom. The summed E-state index contributed by atoms with van der Waals surface area (Å²) in [5, 5.41) is 1.55. The summed E-state index contributed by atoms with van der Waals surface area (Å²) in [5.41, 5.74) is 2.61. The molecular weight excluding hydrogens is 212 g/mol. The van der Waals surface area contributed by atoms with Crippen LogP contribution in [0.15, 0.2) is 0 Å². The number of nitrogens with zero attached hydrogens (tertiary/aromatic N) is 1. The zero-order valence-corrected chi connectivity index (χ0v) is 10.1. The predicted molar refractivity (Wildman–Crippen MR) is 61.1 cm³/mol. The first-order chi connectivity index (χ1) is 6.93. The van der Waals surface area contributed by atoms with Crippen molar-refractivity contribution in [1.82, 2.24) is 10.4 Å². The molecule has 1 rings (SSSR count).